The Bertz CT molecular complexity index is 161. The van der Waals surface area contributed by atoms with Gasteiger partial charge in [-0.1, -0.05) is 0 Å². The predicted octanol–water partition coefficient (Wildman–Crippen LogP) is -0.692. The molecule has 0 aliphatic carbocycles. The summed E-state index contributed by atoms with van der Waals surface area (Å²) in [6.07, 6.45) is 0. The van der Waals surface area contributed by atoms with E-state index in [0.29, 0.717) is 0 Å². The van der Waals surface area contributed by atoms with Crippen LogP contribution < -0.4 is 0 Å². The van der Waals surface area contributed by atoms with E-state index in [9.17, 15) is 13.5 Å². The van der Waals surface area contributed by atoms with E-state index in [1.54, 1.807) is 0 Å². The average molecular weight is 152 g/mol. The van der Waals surface area contributed by atoms with Crippen molar-refractivity contribution in [2.24, 2.45) is 0 Å². The number of rotatable bonds is 3. The smallest absolute Gasteiger partial charge is 0.215 e. The number of nitrogens with zero attached hydrogens (tertiary/aromatic N) is 1. The van der Waals surface area contributed by atoms with Crippen LogP contribution >= 0.6 is 0 Å². The fourth-order valence-corrected chi connectivity index (χ4v) is 0.864. The van der Waals surface area contributed by atoms with Gasteiger partial charge in [0.2, 0.25) is 10.0 Å². The summed E-state index contributed by atoms with van der Waals surface area (Å²) in [7, 11) is -0.412. The molecule has 55 valence electrons. The molecule has 0 saturated heterocycles. The Balaban J connectivity index is 4.05. The zero-order valence-corrected chi connectivity index (χ0v) is 6.31. The molecule has 5 heteroatoms. The highest BCUT2D eigenvalue weighted by Crippen LogP contribution is 1.91. The van der Waals surface area contributed by atoms with E-state index in [-0.39, 0.29) is 5.75 Å². The molecule has 0 amide bonds. The Morgan fingerprint density at radius 1 is 1.33 bits per heavy atom. The lowest BCUT2D eigenvalue weighted by molar-refractivity contribution is 0.212. The van der Waals surface area contributed by atoms with Crippen LogP contribution in [0.4, 0.5) is 0 Å². The first-order chi connectivity index (χ1) is 4.00. The second-order valence-electron chi connectivity index (χ2n) is 1.80. The van der Waals surface area contributed by atoms with Gasteiger partial charge in [0.05, 0.1) is 12.4 Å². The van der Waals surface area contributed by atoms with Crippen molar-refractivity contribution in [3.8, 4) is 0 Å². The van der Waals surface area contributed by atoms with E-state index in [1.807, 2.05) is 0 Å². The van der Waals surface area contributed by atoms with E-state index in [0.717, 1.165) is 4.31 Å². The molecule has 4 nitrogen and oxygen atoms in total. The Labute approximate surface area is 55.1 Å². The van der Waals surface area contributed by atoms with Gasteiger partial charge in [-0.15, -0.1) is 0 Å². The molecule has 0 aromatic heterocycles. The van der Waals surface area contributed by atoms with Gasteiger partial charge in [-0.05, 0) is 0 Å². The molecule has 0 aromatic rings. The molecule has 0 unspecified atom stereocenters. The van der Waals surface area contributed by atoms with Crippen LogP contribution in [0.3, 0.4) is 0 Å². The van der Waals surface area contributed by atoms with E-state index in [2.05, 4.69) is 0 Å². The van der Waals surface area contributed by atoms with Gasteiger partial charge >= 0.3 is 0 Å². The molecule has 1 radical (unpaired) electrons. The average Bonchev–Trinajstić information content (AvgIpc) is 1.65. The molecule has 0 N–H and O–H groups in total. The zero-order valence-electron chi connectivity index (χ0n) is 5.49. The van der Waals surface area contributed by atoms with Crippen molar-refractivity contribution in [2.75, 3.05) is 26.5 Å². The SMILES string of the molecule is CN(C)S(=O)(=O)CC[O]. The Morgan fingerprint density at radius 3 is 1.89 bits per heavy atom. The molecule has 0 aliphatic rings. The first-order valence-electron chi connectivity index (χ1n) is 2.49. The molecule has 0 rings (SSSR count). The van der Waals surface area contributed by atoms with Crippen molar-refractivity contribution < 1.29 is 13.5 Å². The van der Waals surface area contributed by atoms with Gasteiger partial charge in [0.1, 0.15) is 0 Å². The van der Waals surface area contributed by atoms with Gasteiger partial charge in [0.15, 0.2) is 0 Å². The van der Waals surface area contributed by atoms with Crippen LogP contribution in [0.2, 0.25) is 0 Å². The maximum Gasteiger partial charge on any atom is 0.215 e. The molecule has 9 heavy (non-hydrogen) atoms. The fraction of sp³-hybridized carbons (Fsp3) is 1.00. The lowest BCUT2D eigenvalue weighted by Crippen LogP contribution is -2.26. The van der Waals surface area contributed by atoms with E-state index < -0.39 is 16.6 Å². The summed E-state index contributed by atoms with van der Waals surface area (Å²) in [5.74, 6) is -0.306. The van der Waals surface area contributed by atoms with Crippen LogP contribution in [0, 0.1) is 0 Å². The van der Waals surface area contributed by atoms with Crippen molar-refractivity contribution in [2.45, 2.75) is 0 Å². The van der Waals surface area contributed by atoms with Gasteiger partial charge in [0, 0.05) is 14.1 Å². The second kappa shape index (κ2) is 3.14. The van der Waals surface area contributed by atoms with Crippen molar-refractivity contribution >= 4 is 10.0 Å². The maximum atomic E-state index is 10.7. The second-order valence-corrected chi connectivity index (χ2v) is 4.10. The van der Waals surface area contributed by atoms with Crippen LogP contribution in [0.15, 0.2) is 0 Å². The maximum absolute atomic E-state index is 10.7. The van der Waals surface area contributed by atoms with Gasteiger partial charge in [-0.2, -0.15) is 0 Å². The highest BCUT2D eigenvalue weighted by atomic mass is 32.2. The predicted molar refractivity (Wildman–Crippen MR) is 33.0 cm³/mol. The molecular weight excluding hydrogens is 142 g/mol. The summed E-state index contributed by atoms with van der Waals surface area (Å²) in [6, 6.07) is 0. The first kappa shape index (κ1) is 8.87. The standard InChI is InChI=1S/C4H10NO3S/c1-5(2)9(7,8)4-3-6/h3-4H2,1-2H3. The summed E-state index contributed by atoms with van der Waals surface area (Å²) in [5, 5.41) is 9.84. The lowest BCUT2D eigenvalue weighted by atomic mass is 10.9. The number of sulfonamides is 1. The van der Waals surface area contributed by atoms with Gasteiger partial charge in [0.25, 0.3) is 0 Å². The molecular formula is C4H10NO3S. The summed E-state index contributed by atoms with van der Waals surface area (Å²) in [4.78, 5) is 0. The quantitative estimate of drug-likeness (QED) is 0.537. The number of hydrogen-bond donors (Lipinski definition) is 0. The first-order valence-corrected chi connectivity index (χ1v) is 4.10. The summed E-state index contributed by atoms with van der Waals surface area (Å²) in [5.41, 5.74) is 0. The number of hydrogen-bond acceptors (Lipinski definition) is 2. The van der Waals surface area contributed by atoms with Crippen LogP contribution in [-0.4, -0.2) is 39.2 Å². The van der Waals surface area contributed by atoms with Crippen molar-refractivity contribution in [1.29, 1.82) is 0 Å². The molecule has 0 aromatic carbocycles. The largest absolute Gasteiger partial charge is 0.236 e. The minimum atomic E-state index is -3.23. The Kier molecular flexibility index (Phi) is 3.10. The van der Waals surface area contributed by atoms with E-state index in [4.69, 9.17) is 0 Å². The molecule has 0 heterocycles. The summed E-state index contributed by atoms with van der Waals surface area (Å²) in [6.45, 7) is -0.569. The third-order valence-electron chi connectivity index (χ3n) is 0.898. The normalized spacial score (nSPS) is 12.4. The minimum Gasteiger partial charge on any atom is -0.236 e. The molecule has 0 atom stereocenters. The minimum absolute atomic E-state index is 0.306. The van der Waals surface area contributed by atoms with Gasteiger partial charge < -0.3 is 0 Å². The van der Waals surface area contributed by atoms with E-state index >= 15 is 0 Å². The highest BCUT2D eigenvalue weighted by molar-refractivity contribution is 7.89. The molecule has 0 fully saturated rings. The monoisotopic (exact) mass is 152 g/mol. The fourth-order valence-electron chi connectivity index (χ4n) is 0.288. The highest BCUT2D eigenvalue weighted by Gasteiger charge is 2.11. The summed E-state index contributed by atoms with van der Waals surface area (Å²) >= 11 is 0. The zero-order chi connectivity index (χ0) is 7.49. The molecule has 0 aliphatic heterocycles. The van der Waals surface area contributed by atoms with Gasteiger partial charge in [-0.25, -0.2) is 17.8 Å². The Morgan fingerprint density at radius 2 is 1.78 bits per heavy atom. The van der Waals surface area contributed by atoms with Crippen LogP contribution in [0.1, 0.15) is 0 Å². The third kappa shape index (κ3) is 2.78. The molecule has 0 spiro atoms. The van der Waals surface area contributed by atoms with Crippen LogP contribution in [0.25, 0.3) is 0 Å². The molecule has 0 bridgehead atoms. The van der Waals surface area contributed by atoms with Crippen molar-refractivity contribution in [3.05, 3.63) is 0 Å². The Hall–Kier alpha value is -0.130. The third-order valence-corrected chi connectivity index (χ3v) is 2.69. The lowest BCUT2D eigenvalue weighted by Gasteiger charge is -2.07. The van der Waals surface area contributed by atoms with Crippen molar-refractivity contribution in [3.63, 3.8) is 0 Å². The van der Waals surface area contributed by atoms with Crippen LogP contribution in [0.5, 0.6) is 0 Å². The van der Waals surface area contributed by atoms with E-state index in [1.165, 1.54) is 14.1 Å². The molecule has 0 saturated carbocycles. The van der Waals surface area contributed by atoms with Crippen LogP contribution in [-0.2, 0) is 15.1 Å². The van der Waals surface area contributed by atoms with Crippen molar-refractivity contribution in [1.82, 2.24) is 4.31 Å². The summed E-state index contributed by atoms with van der Waals surface area (Å²) < 4.78 is 22.4. The van der Waals surface area contributed by atoms with Gasteiger partial charge in [-0.3, -0.25) is 0 Å². The topological polar surface area (TPSA) is 57.3 Å².